The van der Waals surface area contributed by atoms with E-state index in [1.807, 2.05) is 18.2 Å². The molecule has 2 unspecified atom stereocenters. The fourth-order valence-electron chi connectivity index (χ4n) is 8.59. The molecule has 0 aromatic heterocycles. The zero-order valence-corrected chi connectivity index (χ0v) is 19.5. The molecule has 7 nitrogen and oxygen atoms in total. The largest absolute Gasteiger partial charge is 0.458 e. The molecular weight excluding hydrogens is 436 g/mol. The molecule has 9 atom stereocenters. The lowest BCUT2D eigenvalue weighted by Gasteiger charge is -2.53. The van der Waals surface area contributed by atoms with Crippen LogP contribution in [0.3, 0.4) is 0 Å². The molecule has 7 heteroatoms. The summed E-state index contributed by atoms with van der Waals surface area (Å²) in [6, 6.07) is 9.12. The van der Waals surface area contributed by atoms with Gasteiger partial charge in [-0.05, 0) is 48.8 Å². The van der Waals surface area contributed by atoms with Gasteiger partial charge in [0.05, 0.1) is 11.7 Å². The number of epoxide rings is 3. The summed E-state index contributed by atoms with van der Waals surface area (Å²) >= 11 is 0. The number of benzene rings is 1. The zero-order valence-electron chi connectivity index (χ0n) is 19.5. The summed E-state index contributed by atoms with van der Waals surface area (Å²) in [5.74, 6) is -0.226. The maximum absolute atomic E-state index is 13.3. The van der Waals surface area contributed by atoms with Crippen LogP contribution in [0.15, 0.2) is 41.5 Å². The van der Waals surface area contributed by atoms with Crippen molar-refractivity contribution in [2.45, 2.75) is 81.3 Å². The Morgan fingerprint density at radius 2 is 1.91 bits per heavy atom. The van der Waals surface area contributed by atoms with Gasteiger partial charge in [-0.3, -0.25) is 0 Å². The van der Waals surface area contributed by atoms with Gasteiger partial charge in [0.1, 0.15) is 30.0 Å². The van der Waals surface area contributed by atoms with Crippen LogP contribution in [-0.4, -0.2) is 59.8 Å². The first kappa shape index (κ1) is 20.0. The van der Waals surface area contributed by atoms with Crippen LogP contribution in [0.1, 0.15) is 50.4 Å². The molecule has 7 aliphatic rings. The van der Waals surface area contributed by atoms with Crippen LogP contribution in [0.5, 0.6) is 0 Å². The molecule has 4 heterocycles. The molecule has 3 saturated heterocycles. The van der Waals surface area contributed by atoms with Gasteiger partial charge < -0.3 is 23.7 Å². The van der Waals surface area contributed by atoms with Crippen molar-refractivity contribution in [2.24, 2.45) is 17.3 Å². The Morgan fingerprint density at radius 1 is 1.12 bits per heavy atom. The van der Waals surface area contributed by atoms with Crippen molar-refractivity contribution in [1.82, 2.24) is 0 Å². The number of ether oxygens (including phenoxy) is 5. The highest BCUT2D eigenvalue weighted by molar-refractivity contribution is 5.92. The first-order valence-corrected chi connectivity index (χ1v) is 12.5. The fraction of sp³-hybridized carbons (Fsp3) is 0.630. The lowest BCUT2D eigenvalue weighted by Crippen LogP contribution is -2.70. The quantitative estimate of drug-likeness (QED) is 0.502. The van der Waals surface area contributed by atoms with E-state index in [4.69, 9.17) is 23.7 Å². The molecule has 1 aromatic rings. The minimum absolute atomic E-state index is 0.0837. The molecule has 1 aromatic carbocycles. The number of cyclic esters (lactones) is 1. The number of hydrogen-bond donors (Lipinski definition) is 0. The van der Waals surface area contributed by atoms with Crippen molar-refractivity contribution < 1.29 is 33.3 Å². The molecular formula is C27H28O7. The average molecular weight is 465 g/mol. The molecule has 34 heavy (non-hydrogen) atoms. The van der Waals surface area contributed by atoms with Crippen LogP contribution < -0.4 is 0 Å². The first-order valence-electron chi connectivity index (χ1n) is 12.5. The summed E-state index contributed by atoms with van der Waals surface area (Å²) in [6.07, 6.45) is 1.43. The zero-order chi connectivity index (χ0) is 23.3. The van der Waals surface area contributed by atoms with Gasteiger partial charge in [0.25, 0.3) is 0 Å². The van der Waals surface area contributed by atoms with E-state index in [0.717, 1.165) is 24.0 Å². The van der Waals surface area contributed by atoms with Crippen molar-refractivity contribution in [1.29, 1.82) is 0 Å². The van der Waals surface area contributed by atoms with Gasteiger partial charge in [-0.2, -0.15) is 0 Å². The second kappa shape index (κ2) is 5.77. The van der Waals surface area contributed by atoms with E-state index in [2.05, 4.69) is 20.8 Å². The second-order valence-electron chi connectivity index (χ2n) is 11.7. The van der Waals surface area contributed by atoms with Gasteiger partial charge in [0.15, 0.2) is 11.7 Å². The number of carbonyl (C=O) groups is 2. The topological polar surface area (TPSA) is 90.2 Å². The average Bonchev–Trinajstić information content (AvgIpc) is 3.73. The normalized spacial score (nSPS) is 50.7. The first-order chi connectivity index (χ1) is 16.3. The highest BCUT2D eigenvalue weighted by atomic mass is 16.8. The third-order valence-corrected chi connectivity index (χ3v) is 10.3. The van der Waals surface area contributed by atoms with E-state index in [1.165, 1.54) is 0 Å². The Kier molecular flexibility index (Phi) is 3.40. The third kappa shape index (κ3) is 1.91. The van der Waals surface area contributed by atoms with Gasteiger partial charge >= 0.3 is 11.9 Å². The van der Waals surface area contributed by atoms with Gasteiger partial charge in [-0.1, -0.05) is 39.0 Å². The van der Waals surface area contributed by atoms with E-state index >= 15 is 0 Å². The Hall–Kier alpha value is -2.22. The summed E-state index contributed by atoms with van der Waals surface area (Å²) in [5.41, 5.74) is 0.357. The van der Waals surface area contributed by atoms with Crippen LogP contribution in [0, 0.1) is 17.3 Å². The summed E-state index contributed by atoms with van der Waals surface area (Å²) in [6.45, 7) is 6.90. The van der Waals surface area contributed by atoms with E-state index in [0.29, 0.717) is 18.6 Å². The van der Waals surface area contributed by atoms with Gasteiger partial charge in [0.2, 0.25) is 0 Å². The Morgan fingerprint density at radius 3 is 2.68 bits per heavy atom. The second-order valence-corrected chi connectivity index (χ2v) is 11.7. The number of hydrogen-bond acceptors (Lipinski definition) is 7. The molecule has 178 valence electrons. The van der Waals surface area contributed by atoms with Gasteiger partial charge in [-0.15, -0.1) is 0 Å². The molecule has 2 saturated carbocycles. The molecule has 0 bridgehead atoms. The summed E-state index contributed by atoms with van der Waals surface area (Å²) in [5, 5.41) is 0. The van der Waals surface area contributed by atoms with Gasteiger partial charge in [0, 0.05) is 11.0 Å². The molecule has 4 aliphatic heterocycles. The highest BCUT2D eigenvalue weighted by Gasteiger charge is 3.01. The summed E-state index contributed by atoms with van der Waals surface area (Å²) in [4.78, 5) is 25.6. The van der Waals surface area contributed by atoms with Gasteiger partial charge in [-0.25, -0.2) is 9.59 Å². The predicted octanol–water partition coefficient (Wildman–Crippen LogP) is 2.97. The number of fused-ring (bicyclic) bond motifs is 4. The maximum atomic E-state index is 13.3. The standard InChI is InChI=1S/C27H28O7/c1-13(2)25-19(33-25)20-27(34-20)24(3)10-9-15-16(12-30-22(15)29)17(24)11-18-26(27,32-18)23(25)31-21(28)14-7-5-4-6-8-14/h4-8,13,17-20,23H,9-12H2,1-3H3/t17-,18+,19-,20-,23-,24+,25-,26?,27?/m1/s1. The summed E-state index contributed by atoms with van der Waals surface area (Å²) < 4.78 is 31.6. The molecule has 0 N–H and O–H groups in total. The number of esters is 2. The van der Waals surface area contributed by atoms with E-state index in [1.54, 1.807) is 12.1 Å². The van der Waals surface area contributed by atoms with Crippen molar-refractivity contribution in [3.63, 3.8) is 0 Å². The SMILES string of the molecule is CC(C)[C@@]12O[C@@H]1[C@H]1OC13C1(O[C@H]1C[C@@H]1C4=C(CC[C@@]13C)C(=O)OC4)[C@@H]2OC(=O)c1ccccc1. The lowest BCUT2D eigenvalue weighted by molar-refractivity contribution is -0.136. The third-order valence-electron chi connectivity index (χ3n) is 10.3. The van der Waals surface area contributed by atoms with Crippen LogP contribution in [-0.2, 0) is 28.5 Å². The van der Waals surface area contributed by atoms with E-state index in [-0.39, 0.29) is 47.5 Å². The van der Waals surface area contributed by atoms with Crippen LogP contribution in [0.25, 0.3) is 0 Å². The molecule has 5 fully saturated rings. The van der Waals surface area contributed by atoms with Crippen LogP contribution >= 0.6 is 0 Å². The molecule has 3 aliphatic carbocycles. The van der Waals surface area contributed by atoms with E-state index in [9.17, 15) is 9.59 Å². The smallest absolute Gasteiger partial charge is 0.338 e. The van der Waals surface area contributed by atoms with Crippen LogP contribution in [0.2, 0.25) is 0 Å². The summed E-state index contributed by atoms with van der Waals surface area (Å²) in [7, 11) is 0. The minimum atomic E-state index is -0.716. The Bertz CT molecular complexity index is 1190. The lowest BCUT2D eigenvalue weighted by atomic mass is 9.46. The number of carbonyl (C=O) groups excluding carboxylic acids is 2. The van der Waals surface area contributed by atoms with Crippen molar-refractivity contribution >= 4 is 11.9 Å². The molecule has 0 radical (unpaired) electrons. The Labute approximate surface area is 197 Å². The highest BCUT2D eigenvalue weighted by Crippen LogP contribution is 2.83. The van der Waals surface area contributed by atoms with E-state index < -0.39 is 22.9 Å². The van der Waals surface area contributed by atoms with Crippen molar-refractivity contribution in [2.75, 3.05) is 6.61 Å². The van der Waals surface area contributed by atoms with Crippen molar-refractivity contribution in [3.05, 3.63) is 47.0 Å². The molecule has 0 amide bonds. The Balaban J connectivity index is 1.24. The fourth-order valence-corrected chi connectivity index (χ4v) is 8.59. The molecule has 2 spiro atoms. The van der Waals surface area contributed by atoms with Crippen molar-refractivity contribution in [3.8, 4) is 0 Å². The van der Waals surface area contributed by atoms with Crippen LogP contribution in [0.4, 0.5) is 0 Å². The maximum Gasteiger partial charge on any atom is 0.338 e. The molecule has 8 rings (SSSR count). The minimum Gasteiger partial charge on any atom is -0.458 e. The predicted molar refractivity (Wildman–Crippen MR) is 117 cm³/mol. The monoisotopic (exact) mass is 464 g/mol. The number of rotatable bonds is 3.